The molecule has 7 N–H and O–H groups in total. The SMILES string of the molecule is CC(C)COCCO.CC(C)OCCO.CCCCOCCO.CCCOCCO.CCOCCO.OCCO. The fraction of sp³-hybridized carbons (Fsp3) is 1.00. The molecule has 0 spiro atoms. The zero-order valence-electron chi connectivity index (χ0n) is 26.8. The van der Waals surface area contributed by atoms with Gasteiger partial charge in [0.25, 0.3) is 0 Å². The third-order valence-corrected chi connectivity index (χ3v) is 3.23. The van der Waals surface area contributed by atoms with Gasteiger partial charge in [0.2, 0.25) is 0 Å². The van der Waals surface area contributed by atoms with Crippen molar-refractivity contribution in [1.29, 1.82) is 0 Å². The van der Waals surface area contributed by atoms with Gasteiger partial charge in [-0.1, -0.05) is 34.1 Å². The molecule has 12 nitrogen and oxygen atoms in total. The van der Waals surface area contributed by atoms with Crippen molar-refractivity contribution < 1.29 is 59.4 Å². The molecule has 12 heteroatoms. The van der Waals surface area contributed by atoms with Gasteiger partial charge in [-0.15, -0.1) is 0 Å². The maximum Gasteiger partial charge on any atom is 0.0701 e. The Morgan fingerprint density at radius 1 is 0.450 bits per heavy atom. The van der Waals surface area contributed by atoms with Crippen molar-refractivity contribution in [3.63, 3.8) is 0 Å². The van der Waals surface area contributed by atoms with Crippen LogP contribution >= 0.6 is 0 Å². The van der Waals surface area contributed by atoms with Crippen molar-refractivity contribution >= 4 is 0 Å². The molecule has 0 aromatic rings. The van der Waals surface area contributed by atoms with E-state index < -0.39 is 0 Å². The van der Waals surface area contributed by atoms with Crippen LogP contribution in [0.4, 0.5) is 0 Å². The minimum Gasteiger partial charge on any atom is -0.394 e. The summed E-state index contributed by atoms with van der Waals surface area (Å²) in [5, 5.41) is 56.2. The van der Waals surface area contributed by atoms with Crippen LogP contribution in [0.5, 0.6) is 0 Å². The molecule has 0 saturated heterocycles. The minimum atomic E-state index is -0.125. The molecule has 0 saturated carbocycles. The second-order valence-corrected chi connectivity index (χ2v) is 8.23. The van der Waals surface area contributed by atoms with E-state index in [4.69, 9.17) is 59.4 Å². The summed E-state index contributed by atoms with van der Waals surface area (Å²) in [5.74, 6) is 0.571. The lowest BCUT2D eigenvalue weighted by atomic mass is 10.2. The zero-order valence-corrected chi connectivity index (χ0v) is 26.8. The highest BCUT2D eigenvalue weighted by molar-refractivity contribution is 4.38. The third kappa shape index (κ3) is 108. The van der Waals surface area contributed by atoms with Gasteiger partial charge < -0.3 is 59.4 Å². The molecule has 252 valence electrons. The number of unbranched alkanes of at least 4 members (excludes halogenated alkanes) is 1. The smallest absolute Gasteiger partial charge is 0.0701 e. The zero-order chi connectivity index (χ0) is 32.1. The number of aliphatic hydroxyl groups excluding tert-OH is 7. The van der Waals surface area contributed by atoms with Gasteiger partial charge in [-0.3, -0.25) is 0 Å². The van der Waals surface area contributed by atoms with Gasteiger partial charge in [0.15, 0.2) is 0 Å². The van der Waals surface area contributed by atoms with Gasteiger partial charge in [0, 0.05) is 26.4 Å². The van der Waals surface area contributed by atoms with E-state index in [1.54, 1.807) is 0 Å². The van der Waals surface area contributed by atoms with Crippen LogP contribution in [-0.4, -0.2) is 148 Å². The Labute approximate surface area is 245 Å². The molecular weight excluding hydrogens is 528 g/mol. The van der Waals surface area contributed by atoms with Gasteiger partial charge in [-0.05, 0) is 39.5 Å². The number of ether oxygens (including phenoxy) is 5. The lowest BCUT2D eigenvalue weighted by Crippen LogP contribution is -2.06. The molecule has 0 fully saturated rings. The van der Waals surface area contributed by atoms with Crippen LogP contribution in [0.15, 0.2) is 0 Å². The van der Waals surface area contributed by atoms with E-state index in [-0.39, 0.29) is 52.4 Å². The van der Waals surface area contributed by atoms with Gasteiger partial charge in [0.1, 0.15) is 0 Å². The Hall–Kier alpha value is -0.480. The van der Waals surface area contributed by atoms with Crippen LogP contribution in [0, 0.1) is 5.92 Å². The minimum absolute atomic E-state index is 0.123. The van der Waals surface area contributed by atoms with E-state index >= 15 is 0 Å². The number of aliphatic hydroxyl groups is 7. The maximum absolute atomic E-state index is 8.25. The fourth-order valence-electron chi connectivity index (χ4n) is 1.60. The molecular formula is C28H68O12. The lowest BCUT2D eigenvalue weighted by molar-refractivity contribution is 0.0494. The monoisotopic (exact) mass is 596 g/mol. The lowest BCUT2D eigenvalue weighted by Gasteiger charge is -2.03. The largest absolute Gasteiger partial charge is 0.394 e. The van der Waals surface area contributed by atoms with Gasteiger partial charge in [0.05, 0.1) is 85.4 Å². The molecule has 0 bridgehead atoms. The Morgan fingerprint density at radius 3 is 1.15 bits per heavy atom. The summed E-state index contributed by atoms with van der Waals surface area (Å²) in [4.78, 5) is 0. The van der Waals surface area contributed by atoms with Crippen molar-refractivity contribution in [2.75, 3.05) is 106 Å². The van der Waals surface area contributed by atoms with E-state index in [9.17, 15) is 0 Å². The molecule has 0 aromatic carbocycles. The molecule has 0 aliphatic carbocycles. The fourth-order valence-corrected chi connectivity index (χ4v) is 1.60. The quantitative estimate of drug-likeness (QED) is 0.0998. The number of hydrogen-bond acceptors (Lipinski definition) is 12. The van der Waals surface area contributed by atoms with E-state index in [2.05, 4.69) is 20.8 Å². The van der Waals surface area contributed by atoms with E-state index in [0.717, 1.165) is 39.1 Å². The third-order valence-electron chi connectivity index (χ3n) is 3.23. The number of rotatable bonds is 20. The van der Waals surface area contributed by atoms with Crippen LogP contribution < -0.4 is 0 Å². The summed E-state index contributed by atoms with van der Waals surface area (Å²) < 4.78 is 24.5. The van der Waals surface area contributed by atoms with E-state index in [1.807, 2.05) is 27.7 Å². The normalized spacial score (nSPS) is 9.60. The van der Waals surface area contributed by atoms with Crippen LogP contribution in [-0.2, 0) is 23.7 Å². The van der Waals surface area contributed by atoms with E-state index in [0.29, 0.717) is 45.6 Å². The van der Waals surface area contributed by atoms with Crippen LogP contribution in [0.25, 0.3) is 0 Å². The molecule has 0 amide bonds. The molecule has 0 heterocycles. The van der Waals surface area contributed by atoms with Crippen molar-refractivity contribution in [2.24, 2.45) is 5.92 Å². The highest BCUT2D eigenvalue weighted by Crippen LogP contribution is 1.90. The van der Waals surface area contributed by atoms with Crippen molar-refractivity contribution in [2.45, 2.75) is 73.8 Å². The van der Waals surface area contributed by atoms with Crippen molar-refractivity contribution in [1.82, 2.24) is 0 Å². The Morgan fingerprint density at radius 2 is 0.875 bits per heavy atom. The van der Waals surface area contributed by atoms with Gasteiger partial charge in [-0.25, -0.2) is 0 Å². The topological polar surface area (TPSA) is 188 Å². The van der Waals surface area contributed by atoms with Crippen LogP contribution in [0.2, 0.25) is 0 Å². The molecule has 0 unspecified atom stereocenters. The first-order valence-electron chi connectivity index (χ1n) is 14.4. The Balaban J connectivity index is -0.0000000877. The molecule has 40 heavy (non-hydrogen) atoms. The number of hydrogen-bond donors (Lipinski definition) is 7. The first-order valence-corrected chi connectivity index (χ1v) is 14.4. The summed E-state index contributed by atoms with van der Waals surface area (Å²) in [6.45, 7) is 19.9. The average Bonchev–Trinajstić information content (AvgIpc) is 2.95. The summed E-state index contributed by atoms with van der Waals surface area (Å²) in [5.41, 5.74) is 0. The molecule has 0 rings (SSSR count). The molecule has 0 aromatic heterocycles. The molecule has 0 atom stereocenters. The average molecular weight is 597 g/mol. The van der Waals surface area contributed by atoms with Gasteiger partial charge >= 0.3 is 0 Å². The summed E-state index contributed by atoms with van der Waals surface area (Å²) in [6, 6.07) is 0. The molecule has 0 aliphatic heterocycles. The van der Waals surface area contributed by atoms with Crippen molar-refractivity contribution in [3.8, 4) is 0 Å². The van der Waals surface area contributed by atoms with Gasteiger partial charge in [-0.2, -0.15) is 0 Å². The van der Waals surface area contributed by atoms with Crippen LogP contribution in [0.1, 0.15) is 67.7 Å². The predicted octanol–water partition coefficient (Wildman–Crippen LogP) is 1.24. The highest BCUT2D eigenvalue weighted by atomic mass is 16.5. The molecule has 0 aliphatic rings. The van der Waals surface area contributed by atoms with E-state index in [1.165, 1.54) is 0 Å². The Bertz CT molecular complexity index is 310. The predicted molar refractivity (Wildman–Crippen MR) is 160 cm³/mol. The molecule has 0 radical (unpaired) electrons. The highest BCUT2D eigenvalue weighted by Gasteiger charge is 1.90. The van der Waals surface area contributed by atoms with Crippen molar-refractivity contribution in [3.05, 3.63) is 0 Å². The first-order chi connectivity index (χ1) is 19.2. The summed E-state index contributed by atoms with van der Waals surface area (Å²) in [6.07, 6.45) is 3.53. The summed E-state index contributed by atoms with van der Waals surface area (Å²) >= 11 is 0. The summed E-state index contributed by atoms with van der Waals surface area (Å²) in [7, 11) is 0. The second kappa shape index (κ2) is 62.2. The first kappa shape index (κ1) is 52.2. The second-order valence-electron chi connectivity index (χ2n) is 8.23. The maximum atomic E-state index is 8.25. The Kier molecular flexibility index (Phi) is 81.2. The standard InChI is InChI=1S/2C6H14O2.2C5H12O2.C4H10O2.C2H6O2/c1-6(2)5-8-4-3-7;1-2-3-5-8-6-4-7;1-5(2)7-4-3-6;1-2-4-7-5-3-6;1-2-6-4-3-5;3-1-2-4/h6-7H,3-5H2,1-2H3;7H,2-6H2,1H3;5-6H,3-4H2,1-2H3;6H,2-5H2,1H3;5H,2-4H2,1H3;3-4H,1-2H2. The van der Waals surface area contributed by atoms with Crippen LogP contribution in [0.3, 0.4) is 0 Å².